The van der Waals surface area contributed by atoms with Crippen molar-refractivity contribution in [1.82, 2.24) is 9.97 Å². The van der Waals surface area contributed by atoms with Crippen LogP contribution in [-0.4, -0.2) is 23.1 Å². The van der Waals surface area contributed by atoms with Gasteiger partial charge in [-0.1, -0.05) is 48.5 Å². The van der Waals surface area contributed by atoms with Crippen LogP contribution >= 0.6 is 0 Å². The van der Waals surface area contributed by atoms with Gasteiger partial charge in [0.1, 0.15) is 5.82 Å². The van der Waals surface area contributed by atoms with Crippen molar-refractivity contribution in [2.75, 3.05) is 23.3 Å². The van der Waals surface area contributed by atoms with Crippen molar-refractivity contribution in [1.29, 1.82) is 0 Å². The first-order valence-corrected chi connectivity index (χ1v) is 8.84. The Morgan fingerprint density at radius 2 is 1.85 bits per heavy atom. The Morgan fingerprint density at radius 3 is 2.54 bits per heavy atom. The first-order valence-electron chi connectivity index (χ1n) is 8.84. The van der Waals surface area contributed by atoms with E-state index in [0.717, 1.165) is 29.3 Å². The summed E-state index contributed by atoms with van der Waals surface area (Å²) in [5, 5.41) is 3.22. The highest BCUT2D eigenvalue weighted by Gasteiger charge is 2.13. The predicted octanol–water partition coefficient (Wildman–Crippen LogP) is 5.21. The quantitative estimate of drug-likeness (QED) is 0.598. The smallest absolute Gasteiger partial charge is 0.225 e. The second-order valence-corrected chi connectivity index (χ2v) is 6.05. The lowest BCUT2D eigenvalue weighted by Crippen LogP contribution is -2.19. The van der Waals surface area contributed by atoms with E-state index in [-0.39, 0.29) is 0 Å². The van der Waals surface area contributed by atoms with Gasteiger partial charge < -0.3 is 10.2 Å². The summed E-state index contributed by atoms with van der Waals surface area (Å²) >= 11 is 0. The summed E-state index contributed by atoms with van der Waals surface area (Å²) < 4.78 is 0. The third kappa shape index (κ3) is 4.09. The molecule has 2 aromatic carbocycles. The lowest BCUT2D eigenvalue weighted by atomic mass is 10.1. The number of anilines is 3. The molecule has 0 aliphatic carbocycles. The lowest BCUT2D eigenvalue weighted by molar-refractivity contribution is 0.974. The van der Waals surface area contributed by atoms with E-state index in [0.29, 0.717) is 12.5 Å². The molecule has 0 spiro atoms. The summed E-state index contributed by atoms with van der Waals surface area (Å²) in [7, 11) is 0. The molecule has 1 heterocycles. The Morgan fingerprint density at radius 1 is 1.04 bits per heavy atom. The fourth-order valence-electron chi connectivity index (χ4n) is 2.84. The maximum atomic E-state index is 4.73. The Labute approximate surface area is 155 Å². The average Bonchev–Trinajstić information content (AvgIpc) is 2.68. The number of nitrogens with one attached hydrogen (secondary N) is 1. The van der Waals surface area contributed by atoms with Crippen molar-refractivity contribution in [3.63, 3.8) is 0 Å². The average molecular weight is 344 g/mol. The van der Waals surface area contributed by atoms with Crippen molar-refractivity contribution in [3.05, 3.63) is 78.9 Å². The molecule has 0 amide bonds. The van der Waals surface area contributed by atoms with Crippen LogP contribution in [0.1, 0.15) is 12.5 Å². The van der Waals surface area contributed by atoms with Crippen LogP contribution in [0.4, 0.5) is 17.5 Å². The maximum Gasteiger partial charge on any atom is 0.225 e. The molecule has 0 fully saturated rings. The lowest BCUT2D eigenvalue weighted by Gasteiger charge is -2.23. The van der Waals surface area contributed by atoms with E-state index in [1.165, 1.54) is 5.56 Å². The van der Waals surface area contributed by atoms with Crippen LogP contribution in [-0.2, 0) is 0 Å². The summed E-state index contributed by atoms with van der Waals surface area (Å²) in [6, 6.07) is 20.7. The number of hydrogen-bond acceptors (Lipinski definition) is 4. The number of hydrogen-bond donors (Lipinski definition) is 1. The van der Waals surface area contributed by atoms with Crippen LogP contribution in [0.3, 0.4) is 0 Å². The third-order valence-corrected chi connectivity index (χ3v) is 4.09. The Hall–Kier alpha value is -3.14. The van der Waals surface area contributed by atoms with Crippen LogP contribution in [0.25, 0.3) is 11.3 Å². The summed E-state index contributed by atoms with van der Waals surface area (Å²) in [5.74, 6) is 1.48. The fraction of sp³-hybridized carbons (Fsp3) is 0.182. The zero-order valence-corrected chi connectivity index (χ0v) is 15.3. The fourth-order valence-corrected chi connectivity index (χ4v) is 2.84. The molecule has 0 saturated carbocycles. The van der Waals surface area contributed by atoms with Crippen LogP contribution in [0.2, 0.25) is 0 Å². The molecule has 1 aromatic heterocycles. The second-order valence-electron chi connectivity index (χ2n) is 6.05. The van der Waals surface area contributed by atoms with Gasteiger partial charge in [-0.15, -0.1) is 6.58 Å². The summed E-state index contributed by atoms with van der Waals surface area (Å²) in [6.45, 7) is 9.42. The normalized spacial score (nSPS) is 10.4. The van der Waals surface area contributed by atoms with Crippen LogP contribution in [0.5, 0.6) is 0 Å². The molecule has 132 valence electrons. The molecular formula is C22H24N4. The van der Waals surface area contributed by atoms with Crippen LogP contribution in [0.15, 0.2) is 73.3 Å². The van der Waals surface area contributed by atoms with Gasteiger partial charge in [-0.3, -0.25) is 0 Å². The molecule has 0 saturated heterocycles. The Balaban J connectivity index is 2.07. The molecule has 0 unspecified atom stereocenters. The molecule has 4 heteroatoms. The minimum absolute atomic E-state index is 0.604. The van der Waals surface area contributed by atoms with Gasteiger partial charge in [0.25, 0.3) is 0 Å². The SMILES string of the molecule is C=CCNc1nc(-c2ccccc2)cc(N(CC)c2cccc(C)c2)n1. The molecule has 26 heavy (non-hydrogen) atoms. The molecule has 3 rings (SSSR count). The first-order chi connectivity index (χ1) is 12.7. The number of benzene rings is 2. The largest absolute Gasteiger partial charge is 0.351 e. The van der Waals surface area contributed by atoms with Gasteiger partial charge in [-0.2, -0.15) is 4.98 Å². The number of nitrogens with zero attached hydrogens (tertiary/aromatic N) is 3. The van der Waals surface area contributed by atoms with E-state index < -0.39 is 0 Å². The molecule has 0 aliphatic rings. The van der Waals surface area contributed by atoms with Crippen molar-refractivity contribution in [3.8, 4) is 11.3 Å². The van der Waals surface area contributed by atoms with Gasteiger partial charge >= 0.3 is 0 Å². The topological polar surface area (TPSA) is 41.1 Å². The highest BCUT2D eigenvalue weighted by atomic mass is 15.2. The minimum Gasteiger partial charge on any atom is -0.351 e. The molecule has 3 aromatic rings. The first kappa shape index (κ1) is 17.7. The third-order valence-electron chi connectivity index (χ3n) is 4.09. The van der Waals surface area contributed by atoms with Crippen molar-refractivity contribution >= 4 is 17.5 Å². The molecular weight excluding hydrogens is 320 g/mol. The van der Waals surface area contributed by atoms with Crippen molar-refractivity contribution in [2.24, 2.45) is 0 Å². The van der Waals surface area contributed by atoms with Gasteiger partial charge in [0.2, 0.25) is 5.95 Å². The molecule has 0 radical (unpaired) electrons. The second kappa shape index (κ2) is 8.30. The number of rotatable bonds is 7. The summed E-state index contributed by atoms with van der Waals surface area (Å²) in [5.41, 5.74) is 4.31. The maximum absolute atomic E-state index is 4.73. The minimum atomic E-state index is 0.604. The Bertz CT molecular complexity index is 874. The van der Waals surface area contributed by atoms with E-state index in [4.69, 9.17) is 4.98 Å². The van der Waals surface area contributed by atoms with Gasteiger partial charge in [-0.25, -0.2) is 4.98 Å². The highest BCUT2D eigenvalue weighted by molar-refractivity contribution is 5.69. The van der Waals surface area contributed by atoms with Crippen molar-refractivity contribution in [2.45, 2.75) is 13.8 Å². The molecule has 0 aliphatic heterocycles. The summed E-state index contributed by atoms with van der Waals surface area (Å²) in [4.78, 5) is 11.6. The van der Waals surface area contributed by atoms with Gasteiger partial charge in [0.05, 0.1) is 5.69 Å². The predicted molar refractivity (Wildman–Crippen MR) is 110 cm³/mol. The standard InChI is InChI=1S/C22H24N4/c1-4-14-23-22-24-20(18-11-7-6-8-12-18)16-21(25-22)26(5-2)19-13-9-10-17(3)15-19/h4,6-13,15-16H,1,5,14H2,2-3H3,(H,23,24,25). The van der Waals surface area contributed by atoms with Crippen molar-refractivity contribution < 1.29 is 0 Å². The van der Waals surface area contributed by atoms with E-state index in [2.05, 4.69) is 72.0 Å². The molecule has 0 bridgehead atoms. The van der Waals surface area contributed by atoms with Crippen LogP contribution < -0.4 is 10.2 Å². The molecule has 4 nitrogen and oxygen atoms in total. The van der Waals surface area contributed by atoms with Gasteiger partial charge in [0.15, 0.2) is 0 Å². The molecule has 1 N–H and O–H groups in total. The van der Waals surface area contributed by atoms with E-state index in [1.807, 2.05) is 24.3 Å². The molecule has 0 atom stereocenters. The highest BCUT2D eigenvalue weighted by Crippen LogP contribution is 2.28. The van der Waals surface area contributed by atoms with Gasteiger partial charge in [-0.05, 0) is 31.5 Å². The monoisotopic (exact) mass is 344 g/mol. The zero-order valence-electron chi connectivity index (χ0n) is 15.3. The Kier molecular flexibility index (Phi) is 5.64. The summed E-state index contributed by atoms with van der Waals surface area (Å²) in [6.07, 6.45) is 1.80. The van der Waals surface area contributed by atoms with Crippen LogP contribution in [0, 0.1) is 6.92 Å². The zero-order chi connectivity index (χ0) is 18.4. The number of aromatic nitrogens is 2. The van der Waals surface area contributed by atoms with E-state index in [9.17, 15) is 0 Å². The number of aryl methyl sites for hydroxylation is 1. The van der Waals surface area contributed by atoms with E-state index >= 15 is 0 Å². The van der Waals surface area contributed by atoms with E-state index in [1.54, 1.807) is 6.08 Å². The van der Waals surface area contributed by atoms with Gasteiger partial charge in [0, 0.05) is 30.4 Å².